The van der Waals surface area contributed by atoms with Crippen LogP contribution in [0.15, 0.2) is 48.5 Å². The highest BCUT2D eigenvalue weighted by Gasteiger charge is 2.29. The van der Waals surface area contributed by atoms with E-state index in [1.807, 2.05) is 43.3 Å². The summed E-state index contributed by atoms with van der Waals surface area (Å²) in [6.07, 6.45) is -0.619. The number of rotatable bonds is 6. The van der Waals surface area contributed by atoms with Crippen molar-refractivity contribution in [2.45, 2.75) is 52.9 Å². The van der Waals surface area contributed by atoms with Gasteiger partial charge in [0.1, 0.15) is 14.7 Å². The van der Waals surface area contributed by atoms with E-state index in [1.165, 1.54) is 0 Å². The number of alkyl carbamates (subject to hydrolysis) is 1. The van der Waals surface area contributed by atoms with E-state index >= 15 is 0 Å². The molecule has 0 unspecified atom stereocenters. The van der Waals surface area contributed by atoms with Crippen molar-refractivity contribution in [1.82, 2.24) is 5.32 Å². The lowest BCUT2D eigenvalue weighted by Gasteiger charge is -2.20. The van der Waals surface area contributed by atoms with Crippen molar-refractivity contribution in [3.8, 4) is 28.3 Å². The Labute approximate surface area is 231 Å². The zero-order valence-corrected chi connectivity index (χ0v) is 24.8. The molecule has 39 heavy (non-hydrogen) atoms. The zero-order chi connectivity index (χ0) is 28.5. The molecule has 3 aromatic carbocycles. The van der Waals surface area contributed by atoms with Crippen LogP contribution in [0.2, 0.25) is 19.6 Å². The molecular weight excluding hydrogens is 533 g/mol. The number of carbonyl (C=O) groups is 1. The van der Waals surface area contributed by atoms with Crippen LogP contribution in [0.4, 0.5) is 8.68 Å². The van der Waals surface area contributed by atoms with Gasteiger partial charge in [-0.1, -0.05) is 78.0 Å². The van der Waals surface area contributed by atoms with Crippen LogP contribution in [0, 0.1) is 32.2 Å². The normalized spacial score (nSPS) is 12.7. The Morgan fingerprint density at radius 3 is 2.05 bits per heavy atom. The Bertz CT molecular complexity index is 1570. The molecule has 0 heterocycles. The minimum Gasteiger partial charge on any atom is -0.449 e. The molecule has 6 nitrogen and oxygen atoms in total. The van der Waals surface area contributed by atoms with Gasteiger partial charge in [0.05, 0.1) is 0 Å². The van der Waals surface area contributed by atoms with Gasteiger partial charge >= 0.3 is 16.6 Å². The van der Waals surface area contributed by atoms with Crippen molar-refractivity contribution in [3.05, 3.63) is 87.5 Å². The number of hydrogen-bond donors (Lipinski definition) is 1. The maximum Gasteiger partial charge on any atom is 0.488 e. The van der Waals surface area contributed by atoms with Gasteiger partial charge in [0.15, 0.2) is 5.75 Å². The monoisotopic (exact) mass is 565 g/mol. The first-order chi connectivity index (χ1) is 18.3. The zero-order valence-electron chi connectivity index (χ0n) is 22.9. The average molecular weight is 566 g/mol. The average Bonchev–Trinajstić information content (AvgIpc) is 3.17. The molecule has 0 spiro atoms. The lowest BCUT2D eigenvalue weighted by atomic mass is 9.92. The summed E-state index contributed by atoms with van der Waals surface area (Å²) in [6.45, 7) is 11.6. The topological polar surface area (TPSA) is 81.7 Å². The summed E-state index contributed by atoms with van der Waals surface area (Å²) in [6, 6.07) is 16.2. The molecule has 9 heteroatoms. The van der Waals surface area contributed by atoms with Crippen molar-refractivity contribution in [1.29, 1.82) is 0 Å². The van der Waals surface area contributed by atoms with Crippen molar-refractivity contribution >= 4 is 24.7 Å². The Morgan fingerprint density at radius 1 is 0.949 bits per heavy atom. The van der Waals surface area contributed by atoms with Gasteiger partial charge in [0, 0.05) is 23.6 Å². The molecule has 0 bridgehead atoms. The van der Waals surface area contributed by atoms with Gasteiger partial charge in [0.2, 0.25) is 0 Å². The van der Waals surface area contributed by atoms with Crippen LogP contribution in [-0.4, -0.2) is 29.2 Å². The molecule has 0 aromatic heterocycles. The van der Waals surface area contributed by atoms with E-state index < -0.39 is 24.7 Å². The summed E-state index contributed by atoms with van der Waals surface area (Å²) in [5, 5.41) is 2.76. The smallest absolute Gasteiger partial charge is 0.449 e. The Hall–Kier alpha value is -3.61. The first-order valence-electron chi connectivity index (χ1n) is 12.7. The van der Waals surface area contributed by atoms with Gasteiger partial charge in [-0.05, 0) is 59.7 Å². The summed E-state index contributed by atoms with van der Waals surface area (Å²) in [5.41, 5.74) is 10.5. The molecule has 1 aliphatic rings. The van der Waals surface area contributed by atoms with E-state index in [0.29, 0.717) is 22.3 Å². The second-order valence-corrected chi connectivity index (χ2v) is 16.4. The first-order valence-corrected chi connectivity index (χ1v) is 17.5. The number of ether oxygens (including phenoxy) is 1. The minimum atomic E-state index is -5.26. The SMILES string of the molecule is Cc1c(C#C[Si](C)(C)C)c(C)c(OS(=O)(=O)F)c(C)c1CNC(=O)OCC1c2ccccc2-c2ccccc21. The van der Waals surface area contributed by atoms with E-state index in [2.05, 4.69) is 48.6 Å². The highest BCUT2D eigenvalue weighted by molar-refractivity contribution is 7.81. The van der Waals surface area contributed by atoms with Crippen LogP contribution in [0.3, 0.4) is 0 Å². The largest absolute Gasteiger partial charge is 0.488 e. The van der Waals surface area contributed by atoms with Crippen LogP contribution in [-0.2, 0) is 21.8 Å². The molecule has 0 atom stereocenters. The molecule has 0 saturated carbocycles. The third-order valence-corrected chi connectivity index (χ3v) is 8.08. The first kappa shape index (κ1) is 28.4. The highest BCUT2D eigenvalue weighted by Crippen LogP contribution is 2.44. The number of hydrogen-bond acceptors (Lipinski definition) is 5. The lowest BCUT2D eigenvalue weighted by Crippen LogP contribution is -2.26. The molecular formula is C30H32FNO5SSi. The van der Waals surface area contributed by atoms with Gasteiger partial charge in [-0.15, -0.1) is 5.54 Å². The van der Waals surface area contributed by atoms with Gasteiger partial charge in [-0.3, -0.25) is 0 Å². The summed E-state index contributed by atoms with van der Waals surface area (Å²) in [5.74, 6) is 2.96. The standard InChI is InChI=1S/C30H32FNO5SSi/c1-19-22(15-16-39(4,5)6)20(2)29(37-38(31,34)35)21(3)27(19)17-32-30(33)36-18-28-25-13-9-7-11-23(25)24-12-8-10-14-26(24)28/h7-14,28H,17-18H2,1-6H3,(H,32,33). The maximum absolute atomic E-state index is 13.6. The summed E-state index contributed by atoms with van der Waals surface area (Å²) in [4.78, 5) is 12.8. The lowest BCUT2D eigenvalue weighted by molar-refractivity contribution is 0.142. The van der Waals surface area contributed by atoms with Crippen LogP contribution in [0.5, 0.6) is 5.75 Å². The van der Waals surface area contributed by atoms with Crippen LogP contribution in [0.1, 0.15) is 44.9 Å². The van der Waals surface area contributed by atoms with Crippen molar-refractivity contribution in [3.63, 3.8) is 0 Å². The fourth-order valence-electron chi connectivity index (χ4n) is 4.98. The minimum absolute atomic E-state index is 0.0267. The van der Waals surface area contributed by atoms with E-state index in [4.69, 9.17) is 8.92 Å². The van der Waals surface area contributed by atoms with Crippen LogP contribution in [0.25, 0.3) is 11.1 Å². The van der Waals surface area contributed by atoms with Gasteiger partial charge in [0.25, 0.3) is 0 Å². The fraction of sp³-hybridized carbons (Fsp3) is 0.300. The molecule has 3 aromatic rings. The highest BCUT2D eigenvalue weighted by atomic mass is 32.3. The van der Waals surface area contributed by atoms with E-state index in [0.717, 1.165) is 27.8 Å². The fourth-order valence-corrected chi connectivity index (χ4v) is 5.93. The predicted octanol–water partition coefficient (Wildman–Crippen LogP) is 6.47. The number of carbonyl (C=O) groups excluding carboxylic acids is 1. The van der Waals surface area contributed by atoms with Gasteiger partial charge in [-0.25, -0.2) is 4.79 Å². The summed E-state index contributed by atoms with van der Waals surface area (Å²) in [7, 11) is -7.04. The Kier molecular flexibility index (Phi) is 7.91. The van der Waals surface area contributed by atoms with Crippen LogP contribution >= 0.6 is 0 Å². The molecule has 1 N–H and O–H groups in total. The van der Waals surface area contributed by atoms with Crippen molar-refractivity contribution in [2.75, 3.05) is 6.61 Å². The van der Waals surface area contributed by atoms with Gasteiger partial charge < -0.3 is 14.2 Å². The van der Waals surface area contributed by atoms with E-state index in [1.54, 1.807) is 13.8 Å². The molecule has 1 aliphatic carbocycles. The van der Waals surface area contributed by atoms with Crippen LogP contribution < -0.4 is 9.50 Å². The quantitative estimate of drug-likeness (QED) is 0.210. The molecule has 0 saturated heterocycles. The van der Waals surface area contributed by atoms with E-state index in [-0.39, 0.29) is 24.8 Å². The molecule has 204 valence electrons. The number of fused-ring (bicyclic) bond motifs is 3. The second-order valence-electron chi connectivity index (χ2n) is 10.7. The third kappa shape index (κ3) is 6.35. The number of benzene rings is 3. The number of halogens is 1. The molecule has 0 fully saturated rings. The van der Waals surface area contributed by atoms with Crippen molar-refractivity contribution < 1.29 is 26.0 Å². The number of nitrogens with one attached hydrogen (secondary N) is 1. The van der Waals surface area contributed by atoms with E-state index in [9.17, 15) is 17.1 Å². The summed E-state index contributed by atoms with van der Waals surface area (Å²) >= 11 is 0. The molecule has 1 amide bonds. The molecule has 4 rings (SSSR count). The second kappa shape index (κ2) is 10.9. The molecule has 0 radical (unpaired) electrons. The third-order valence-electron chi connectivity index (χ3n) is 6.84. The number of amides is 1. The predicted molar refractivity (Wildman–Crippen MR) is 153 cm³/mol. The molecule has 0 aliphatic heterocycles. The maximum atomic E-state index is 13.6. The Balaban J connectivity index is 1.57. The van der Waals surface area contributed by atoms with Crippen molar-refractivity contribution in [2.24, 2.45) is 0 Å². The van der Waals surface area contributed by atoms with Gasteiger partial charge in [-0.2, -0.15) is 8.42 Å². The summed E-state index contributed by atoms with van der Waals surface area (Å²) < 4.78 is 46.7. The Morgan fingerprint density at radius 2 is 1.51 bits per heavy atom.